The molecular weight excluding hydrogens is 435 g/mol. The van der Waals surface area contributed by atoms with Gasteiger partial charge in [-0.3, -0.25) is 9.59 Å². The zero-order chi connectivity index (χ0) is 22.1. The third-order valence-corrected chi connectivity index (χ3v) is 5.61. The number of methoxy groups -OCH3 is 1. The van der Waals surface area contributed by atoms with Crippen LogP contribution in [0.4, 0.5) is 11.4 Å². The number of aryl methyl sites for hydroxylation is 1. The number of imide groups is 1. The van der Waals surface area contributed by atoms with E-state index in [2.05, 4.69) is 5.32 Å². The van der Waals surface area contributed by atoms with Crippen LogP contribution in [0.25, 0.3) is 5.57 Å². The highest BCUT2D eigenvalue weighted by Gasteiger charge is 2.41. The number of hydrogen-bond donors (Lipinski definition) is 1. The largest absolute Gasteiger partial charge is 0.495 e. The Kier molecular flexibility index (Phi) is 5.72. The lowest BCUT2D eigenvalue weighted by Crippen LogP contribution is -2.32. The summed E-state index contributed by atoms with van der Waals surface area (Å²) in [6.45, 7) is 1.89. The second-order valence-corrected chi connectivity index (χ2v) is 7.81. The molecule has 7 heteroatoms. The molecule has 3 aromatic carbocycles. The van der Waals surface area contributed by atoms with Crippen LogP contribution in [-0.4, -0.2) is 18.9 Å². The van der Waals surface area contributed by atoms with E-state index in [1.54, 1.807) is 36.4 Å². The monoisotopic (exact) mass is 452 g/mol. The SMILES string of the molecule is COc1ccc(Cl)cc1N1C(=O)C(Nc2ccc(C)c(Cl)c2)=C(c2ccccc2)C1=O. The van der Waals surface area contributed by atoms with E-state index < -0.39 is 11.8 Å². The van der Waals surface area contributed by atoms with Gasteiger partial charge in [0.25, 0.3) is 11.8 Å². The highest BCUT2D eigenvalue weighted by Crippen LogP contribution is 2.39. The number of nitrogens with one attached hydrogen (secondary N) is 1. The molecule has 0 radical (unpaired) electrons. The van der Waals surface area contributed by atoms with Crippen molar-refractivity contribution in [2.45, 2.75) is 6.92 Å². The molecular formula is C24H18Cl2N2O3. The fourth-order valence-electron chi connectivity index (χ4n) is 3.39. The number of benzene rings is 3. The van der Waals surface area contributed by atoms with Gasteiger partial charge in [0.2, 0.25) is 0 Å². The summed E-state index contributed by atoms with van der Waals surface area (Å²) in [6, 6.07) is 19.2. The van der Waals surface area contributed by atoms with E-state index in [1.165, 1.54) is 13.2 Å². The molecule has 156 valence electrons. The minimum Gasteiger partial charge on any atom is -0.495 e. The zero-order valence-electron chi connectivity index (χ0n) is 16.8. The Morgan fingerprint density at radius 2 is 1.65 bits per heavy atom. The van der Waals surface area contributed by atoms with Gasteiger partial charge < -0.3 is 10.1 Å². The van der Waals surface area contributed by atoms with Crippen LogP contribution in [0.15, 0.2) is 72.4 Å². The van der Waals surface area contributed by atoms with Gasteiger partial charge in [0.05, 0.1) is 18.4 Å². The van der Waals surface area contributed by atoms with Gasteiger partial charge in [-0.25, -0.2) is 4.90 Å². The van der Waals surface area contributed by atoms with Gasteiger partial charge in [-0.05, 0) is 48.4 Å². The second kappa shape index (κ2) is 8.46. The van der Waals surface area contributed by atoms with Crippen LogP contribution in [0.1, 0.15) is 11.1 Å². The zero-order valence-corrected chi connectivity index (χ0v) is 18.3. The first-order valence-corrected chi connectivity index (χ1v) is 10.2. The highest BCUT2D eigenvalue weighted by molar-refractivity contribution is 6.46. The van der Waals surface area contributed by atoms with Crippen molar-refractivity contribution in [2.75, 3.05) is 17.3 Å². The fraction of sp³-hybridized carbons (Fsp3) is 0.0833. The number of ether oxygens (including phenoxy) is 1. The molecule has 0 aromatic heterocycles. The first-order valence-electron chi connectivity index (χ1n) is 9.46. The third-order valence-electron chi connectivity index (χ3n) is 4.97. The summed E-state index contributed by atoms with van der Waals surface area (Å²) in [4.78, 5) is 28.1. The number of rotatable bonds is 5. The number of amides is 2. The van der Waals surface area contributed by atoms with Crippen molar-refractivity contribution in [1.82, 2.24) is 0 Å². The average Bonchev–Trinajstić information content (AvgIpc) is 3.00. The maximum atomic E-state index is 13.5. The Morgan fingerprint density at radius 1 is 0.903 bits per heavy atom. The summed E-state index contributed by atoms with van der Waals surface area (Å²) < 4.78 is 5.37. The molecule has 0 aliphatic carbocycles. The summed E-state index contributed by atoms with van der Waals surface area (Å²) in [7, 11) is 1.47. The number of halogens is 2. The third kappa shape index (κ3) is 3.90. The van der Waals surface area contributed by atoms with Crippen LogP contribution in [0.3, 0.4) is 0 Å². The molecule has 0 fully saturated rings. The van der Waals surface area contributed by atoms with Crippen molar-refractivity contribution in [2.24, 2.45) is 0 Å². The number of nitrogens with zero attached hydrogens (tertiary/aromatic N) is 1. The normalized spacial score (nSPS) is 13.7. The Morgan fingerprint density at radius 3 is 2.32 bits per heavy atom. The number of anilines is 2. The lowest BCUT2D eigenvalue weighted by Gasteiger charge is -2.18. The van der Waals surface area contributed by atoms with E-state index in [4.69, 9.17) is 27.9 Å². The molecule has 5 nitrogen and oxygen atoms in total. The molecule has 31 heavy (non-hydrogen) atoms. The van der Waals surface area contributed by atoms with Crippen LogP contribution in [0.5, 0.6) is 5.75 Å². The average molecular weight is 453 g/mol. The molecule has 0 unspecified atom stereocenters. The van der Waals surface area contributed by atoms with Crippen LogP contribution >= 0.6 is 23.2 Å². The Bertz CT molecular complexity index is 1220. The predicted octanol–water partition coefficient (Wildman–Crippen LogP) is 5.71. The van der Waals surface area contributed by atoms with E-state index >= 15 is 0 Å². The van der Waals surface area contributed by atoms with E-state index in [-0.39, 0.29) is 17.0 Å². The molecule has 1 N–H and O–H groups in total. The topological polar surface area (TPSA) is 58.6 Å². The fourth-order valence-corrected chi connectivity index (χ4v) is 3.74. The van der Waals surface area contributed by atoms with Crippen molar-refractivity contribution in [3.05, 3.63) is 93.6 Å². The summed E-state index contributed by atoms with van der Waals surface area (Å²) >= 11 is 12.4. The van der Waals surface area contributed by atoms with Crippen molar-refractivity contribution in [1.29, 1.82) is 0 Å². The molecule has 2 amide bonds. The summed E-state index contributed by atoms with van der Waals surface area (Å²) in [6.07, 6.45) is 0. The first kappa shape index (κ1) is 21.0. The molecule has 0 bridgehead atoms. The van der Waals surface area contributed by atoms with E-state index in [0.29, 0.717) is 27.0 Å². The van der Waals surface area contributed by atoms with Crippen LogP contribution in [-0.2, 0) is 9.59 Å². The minimum absolute atomic E-state index is 0.151. The highest BCUT2D eigenvalue weighted by atomic mass is 35.5. The van der Waals surface area contributed by atoms with Gasteiger partial charge in [0.1, 0.15) is 11.4 Å². The van der Waals surface area contributed by atoms with E-state index in [9.17, 15) is 9.59 Å². The maximum Gasteiger partial charge on any atom is 0.282 e. The Balaban J connectivity index is 1.85. The van der Waals surface area contributed by atoms with Gasteiger partial charge in [-0.2, -0.15) is 0 Å². The molecule has 0 saturated carbocycles. The van der Waals surface area contributed by atoms with Crippen molar-refractivity contribution >= 4 is 52.0 Å². The van der Waals surface area contributed by atoms with Gasteiger partial charge in [-0.15, -0.1) is 0 Å². The number of carbonyl (C=O) groups is 2. The molecule has 0 spiro atoms. The van der Waals surface area contributed by atoms with Crippen molar-refractivity contribution in [3.8, 4) is 5.75 Å². The van der Waals surface area contributed by atoms with Crippen LogP contribution in [0.2, 0.25) is 10.0 Å². The lowest BCUT2D eigenvalue weighted by molar-refractivity contribution is -0.120. The smallest absolute Gasteiger partial charge is 0.282 e. The number of carbonyl (C=O) groups excluding carboxylic acids is 2. The van der Waals surface area contributed by atoms with Crippen molar-refractivity contribution < 1.29 is 14.3 Å². The summed E-state index contributed by atoms with van der Waals surface area (Å²) in [5.41, 5.74) is 2.80. The van der Waals surface area contributed by atoms with Crippen LogP contribution in [0, 0.1) is 6.92 Å². The molecule has 0 atom stereocenters. The maximum absolute atomic E-state index is 13.5. The van der Waals surface area contributed by atoms with Gasteiger partial charge in [-0.1, -0.05) is 59.6 Å². The van der Waals surface area contributed by atoms with E-state index in [1.807, 2.05) is 31.2 Å². The van der Waals surface area contributed by atoms with Gasteiger partial charge >= 0.3 is 0 Å². The molecule has 1 aliphatic rings. The molecule has 1 aliphatic heterocycles. The number of hydrogen-bond acceptors (Lipinski definition) is 4. The Hall–Kier alpha value is -3.28. The molecule has 3 aromatic rings. The minimum atomic E-state index is -0.513. The standard InChI is InChI=1S/C24H18Cl2N2O3/c1-14-8-10-17(13-18(14)26)27-22-21(15-6-4-3-5-7-15)23(29)28(24(22)30)19-12-16(25)9-11-20(19)31-2/h3-13,27H,1-2H3. The predicted molar refractivity (Wildman–Crippen MR) is 124 cm³/mol. The summed E-state index contributed by atoms with van der Waals surface area (Å²) in [5, 5.41) is 4.03. The van der Waals surface area contributed by atoms with Gasteiger partial charge in [0.15, 0.2) is 0 Å². The molecule has 1 heterocycles. The molecule has 0 saturated heterocycles. The van der Waals surface area contributed by atoms with Crippen LogP contribution < -0.4 is 15.0 Å². The lowest BCUT2D eigenvalue weighted by atomic mass is 10.0. The first-order chi connectivity index (χ1) is 14.9. The van der Waals surface area contributed by atoms with Crippen molar-refractivity contribution in [3.63, 3.8) is 0 Å². The van der Waals surface area contributed by atoms with E-state index in [0.717, 1.165) is 10.5 Å². The quantitative estimate of drug-likeness (QED) is 0.503. The summed E-state index contributed by atoms with van der Waals surface area (Å²) in [5.74, 6) is -0.628. The van der Waals surface area contributed by atoms with Gasteiger partial charge in [0, 0.05) is 15.7 Å². The Labute approximate surface area is 189 Å². The molecule has 4 rings (SSSR count). The second-order valence-electron chi connectivity index (χ2n) is 6.97.